The smallest absolute Gasteiger partial charge is 0.186 e. The lowest BCUT2D eigenvalue weighted by atomic mass is 9.81. The highest BCUT2D eigenvalue weighted by atomic mass is 16.8. The van der Waals surface area contributed by atoms with Crippen LogP contribution in [0.3, 0.4) is 0 Å². The van der Waals surface area contributed by atoms with Gasteiger partial charge in [0, 0.05) is 18.9 Å². The highest BCUT2D eigenvalue weighted by Gasteiger charge is 2.54. The van der Waals surface area contributed by atoms with E-state index in [-0.39, 0.29) is 6.42 Å². The molecule has 0 spiro atoms. The number of aliphatic hydroxyl groups is 9. The third kappa shape index (κ3) is 7.11. The van der Waals surface area contributed by atoms with Crippen LogP contribution in [0.15, 0.2) is 0 Å². The van der Waals surface area contributed by atoms with E-state index in [1.165, 1.54) is 14.0 Å². The number of methoxy groups -OCH3 is 1. The number of aliphatic hydroxyl groups excluding tert-OH is 9. The minimum Gasteiger partial charge on any atom is -0.394 e. The van der Waals surface area contributed by atoms with Crippen molar-refractivity contribution in [3.63, 3.8) is 0 Å². The van der Waals surface area contributed by atoms with Gasteiger partial charge < -0.3 is 79.1 Å². The van der Waals surface area contributed by atoms with E-state index >= 15 is 0 Å². The van der Waals surface area contributed by atoms with Crippen molar-refractivity contribution in [2.45, 2.75) is 138 Å². The van der Waals surface area contributed by atoms with E-state index in [0.717, 1.165) is 0 Å². The Morgan fingerprint density at radius 3 is 1.75 bits per heavy atom. The maximum atomic E-state index is 10.9. The Labute approximate surface area is 256 Å². The predicted molar refractivity (Wildman–Crippen MR) is 145 cm³/mol. The first-order valence-electron chi connectivity index (χ1n) is 15.2. The molecule has 1 saturated carbocycles. The Morgan fingerprint density at radius 1 is 0.545 bits per heavy atom. The van der Waals surface area contributed by atoms with E-state index in [2.05, 4.69) is 0 Å². The van der Waals surface area contributed by atoms with Gasteiger partial charge in [0.15, 0.2) is 18.9 Å². The van der Waals surface area contributed by atoms with Crippen molar-refractivity contribution in [1.29, 1.82) is 0 Å². The zero-order valence-electron chi connectivity index (χ0n) is 25.6. The van der Waals surface area contributed by atoms with Crippen LogP contribution < -0.4 is 0 Å². The average Bonchev–Trinajstić information content (AvgIpc) is 3.01. The molecule has 3 saturated heterocycles. The summed E-state index contributed by atoms with van der Waals surface area (Å²) in [6.07, 6.45) is -20.8. The van der Waals surface area contributed by atoms with Crippen molar-refractivity contribution in [3.8, 4) is 0 Å². The highest BCUT2D eigenvalue weighted by Crippen LogP contribution is 2.39. The minimum absolute atomic E-state index is 0.169. The second kappa shape index (κ2) is 15.1. The van der Waals surface area contributed by atoms with Gasteiger partial charge in [0.2, 0.25) is 0 Å². The molecule has 0 radical (unpaired) electrons. The van der Waals surface area contributed by atoms with Crippen LogP contribution >= 0.6 is 0 Å². The Balaban J connectivity index is 1.63. The quantitative estimate of drug-likeness (QED) is 0.117. The van der Waals surface area contributed by atoms with Crippen LogP contribution in [0, 0.1) is 17.8 Å². The van der Waals surface area contributed by atoms with Crippen molar-refractivity contribution in [2.24, 2.45) is 17.8 Å². The normalized spacial score (nSPS) is 53.9. The van der Waals surface area contributed by atoms with Gasteiger partial charge in [-0.05, 0) is 19.3 Å². The van der Waals surface area contributed by atoms with Crippen molar-refractivity contribution in [2.75, 3.05) is 20.3 Å². The molecule has 1 aliphatic carbocycles. The minimum atomic E-state index is -1.64. The molecule has 4 rings (SSSR count). The molecule has 44 heavy (non-hydrogen) atoms. The Hall–Kier alpha value is -0.640. The predicted octanol–water partition coefficient (Wildman–Crippen LogP) is -3.83. The molecule has 9 N–H and O–H groups in total. The molecule has 3 aliphatic heterocycles. The van der Waals surface area contributed by atoms with Crippen molar-refractivity contribution in [1.82, 2.24) is 0 Å². The second-order valence-electron chi connectivity index (χ2n) is 12.6. The molecule has 4 fully saturated rings. The standard InChI is InChI=1S/C28H50O16/c1-9-6-13(19(34)20(35)16(9)31)40-24-10(2)17(32)14(7-29)41-28(24)44-25-15(8-30)42-26(38-5)11(3)23(25)43-27-22(37)21(36)18(33)12(4)39-27/h9-37H,6-8H2,1-5H3/t9-,10?,11?,12?,13-,14+,15?,16-,17-,18-,19?,20?,21?,22+,23-,24?,25-,26-,27+,28+/m1/s1. The first kappa shape index (κ1) is 36.2. The molecule has 0 amide bonds. The lowest BCUT2D eigenvalue weighted by Crippen LogP contribution is -2.65. The Morgan fingerprint density at radius 2 is 1.14 bits per heavy atom. The topological polar surface area (TPSA) is 247 Å². The molecular weight excluding hydrogens is 592 g/mol. The maximum absolute atomic E-state index is 10.9. The first-order chi connectivity index (χ1) is 20.7. The van der Waals surface area contributed by atoms with Gasteiger partial charge >= 0.3 is 0 Å². The van der Waals surface area contributed by atoms with Crippen LogP contribution in [0.4, 0.5) is 0 Å². The van der Waals surface area contributed by atoms with Gasteiger partial charge in [-0.25, -0.2) is 0 Å². The van der Waals surface area contributed by atoms with Crippen LogP contribution in [-0.2, 0) is 33.2 Å². The highest BCUT2D eigenvalue weighted by molar-refractivity contribution is 4.97. The van der Waals surface area contributed by atoms with E-state index in [1.54, 1.807) is 20.8 Å². The van der Waals surface area contributed by atoms with Gasteiger partial charge in [0.25, 0.3) is 0 Å². The van der Waals surface area contributed by atoms with Crippen molar-refractivity contribution < 1.29 is 79.1 Å². The monoisotopic (exact) mass is 642 g/mol. The first-order valence-corrected chi connectivity index (χ1v) is 15.2. The molecule has 0 aromatic heterocycles. The summed E-state index contributed by atoms with van der Waals surface area (Å²) >= 11 is 0. The fourth-order valence-electron chi connectivity index (χ4n) is 6.56. The summed E-state index contributed by atoms with van der Waals surface area (Å²) in [7, 11) is 1.40. The molecule has 0 aromatic carbocycles. The fraction of sp³-hybridized carbons (Fsp3) is 1.00. The van der Waals surface area contributed by atoms with E-state index in [4.69, 9.17) is 33.2 Å². The fourth-order valence-corrected chi connectivity index (χ4v) is 6.56. The molecule has 0 aromatic rings. The summed E-state index contributed by atoms with van der Waals surface area (Å²) < 4.78 is 41.8. The summed E-state index contributed by atoms with van der Waals surface area (Å²) in [5, 5.41) is 93.6. The lowest BCUT2D eigenvalue weighted by molar-refractivity contribution is -0.380. The van der Waals surface area contributed by atoms with Crippen LogP contribution in [0.2, 0.25) is 0 Å². The molecule has 4 aliphatic rings. The summed E-state index contributed by atoms with van der Waals surface area (Å²) in [5.41, 5.74) is 0. The van der Waals surface area contributed by atoms with Crippen LogP contribution in [0.1, 0.15) is 34.1 Å². The number of rotatable bonds is 9. The molecule has 16 heteroatoms. The van der Waals surface area contributed by atoms with Crippen LogP contribution in [0.5, 0.6) is 0 Å². The van der Waals surface area contributed by atoms with Gasteiger partial charge in [-0.2, -0.15) is 0 Å². The summed E-state index contributed by atoms with van der Waals surface area (Å²) in [4.78, 5) is 0. The van der Waals surface area contributed by atoms with Gasteiger partial charge in [-0.1, -0.05) is 20.8 Å². The van der Waals surface area contributed by atoms with E-state index in [9.17, 15) is 46.0 Å². The molecule has 0 bridgehead atoms. The molecule has 8 unspecified atom stereocenters. The molecule has 20 atom stereocenters. The van der Waals surface area contributed by atoms with E-state index in [1.807, 2.05) is 0 Å². The zero-order valence-corrected chi connectivity index (χ0v) is 25.6. The second-order valence-corrected chi connectivity index (χ2v) is 12.6. The van der Waals surface area contributed by atoms with Crippen LogP contribution in [0.25, 0.3) is 0 Å². The molecule has 3 heterocycles. The average molecular weight is 643 g/mol. The number of hydrogen-bond donors (Lipinski definition) is 9. The van der Waals surface area contributed by atoms with Gasteiger partial charge in [-0.15, -0.1) is 0 Å². The molecule has 16 nitrogen and oxygen atoms in total. The number of hydrogen-bond acceptors (Lipinski definition) is 16. The summed E-state index contributed by atoms with van der Waals surface area (Å²) in [6.45, 7) is 5.39. The van der Waals surface area contributed by atoms with E-state index in [0.29, 0.717) is 0 Å². The maximum Gasteiger partial charge on any atom is 0.186 e. The number of ether oxygens (including phenoxy) is 7. The third-order valence-corrected chi connectivity index (χ3v) is 9.54. The molecule has 258 valence electrons. The SMILES string of the molecule is CO[C@@H]1OC(CO)[C@@H](O[C@@H]2O[C@@H](CO)[C@H](O)C(C)C2O[C@@H]2C[C@@H](C)[C@@H](O)C(O)C2O)[C@H](O[C@@H]2OC(C)[C@@H](O)C(O)[C@@H]2O)C1C. The summed E-state index contributed by atoms with van der Waals surface area (Å²) in [6, 6.07) is 0. The Bertz CT molecular complexity index is 900. The van der Waals surface area contributed by atoms with Gasteiger partial charge in [-0.3, -0.25) is 0 Å². The molecular formula is C28H50O16. The van der Waals surface area contributed by atoms with E-state index < -0.39 is 135 Å². The van der Waals surface area contributed by atoms with Gasteiger partial charge in [0.1, 0.15) is 54.9 Å². The largest absolute Gasteiger partial charge is 0.394 e. The zero-order chi connectivity index (χ0) is 32.6. The third-order valence-electron chi connectivity index (χ3n) is 9.54. The van der Waals surface area contributed by atoms with Crippen molar-refractivity contribution in [3.05, 3.63) is 0 Å². The van der Waals surface area contributed by atoms with Crippen LogP contribution in [-0.4, -0.2) is 171 Å². The Kier molecular flexibility index (Phi) is 12.4. The summed E-state index contributed by atoms with van der Waals surface area (Å²) in [5.74, 6) is -1.79. The van der Waals surface area contributed by atoms with Crippen molar-refractivity contribution >= 4 is 0 Å². The lowest BCUT2D eigenvalue weighted by Gasteiger charge is -2.51. The van der Waals surface area contributed by atoms with Gasteiger partial charge in [0.05, 0.1) is 43.7 Å².